The maximum atomic E-state index is 12.4. The highest BCUT2D eigenvalue weighted by atomic mass is 32.2. The van der Waals surface area contributed by atoms with Crippen LogP contribution in [-0.2, 0) is 0 Å². The monoisotopic (exact) mass is 288 g/mol. The molecule has 0 fully saturated rings. The van der Waals surface area contributed by atoms with Gasteiger partial charge in [-0.25, -0.2) is 0 Å². The van der Waals surface area contributed by atoms with Gasteiger partial charge in [0.05, 0.1) is 5.56 Å². The Morgan fingerprint density at radius 2 is 2.00 bits per heavy atom. The van der Waals surface area contributed by atoms with E-state index in [4.69, 9.17) is 0 Å². The molecular formula is C13H18F2N2OS. The van der Waals surface area contributed by atoms with Crippen molar-refractivity contribution in [2.75, 3.05) is 19.6 Å². The number of alkyl halides is 2. The molecule has 106 valence electrons. The molecule has 0 unspecified atom stereocenters. The molecule has 0 spiro atoms. The van der Waals surface area contributed by atoms with E-state index in [1.807, 2.05) is 0 Å². The number of rotatable bonds is 8. The Morgan fingerprint density at radius 1 is 1.26 bits per heavy atom. The van der Waals surface area contributed by atoms with Gasteiger partial charge in [0.15, 0.2) is 0 Å². The summed E-state index contributed by atoms with van der Waals surface area (Å²) in [7, 11) is 0. The first-order chi connectivity index (χ1) is 9.15. The van der Waals surface area contributed by atoms with Crippen LogP contribution in [0.5, 0.6) is 0 Å². The molecule has 2 N–H and O–H groups in total. The summed E-state index contributed by atoms with van der Waals surface area (Å²) < 4.78 is 24.8. The van der Waals surface area contributed by atoms with Gasteiger partial charge in [-0.1, -0.05) is 30.8 Å². The number of nitrogens with one attached hydrogen (secondary N) is 2. The normalized spacial score (nSPS) is 10.7. The SMILES string of the molecule is CCCNCCNC(=O)c1ccccc1SC(F)F. The van der Waals surface area contributed by atoms with Crippen molar-refractivity contribution in [1.82, 2.24) is 10.6 Å². The number of benzene rings is 1. The minimum absolute atomic E-state index is 0.295. The predicted octanol–water partition coefficient (Wildman–Crippen LogP) is 2.73. The molecular weight excluding hydrogens is 270 g/mol. The summed E-state index contributed by atoms with van der Waals surface area (Å²) in [5.74, 6) is -2.85. The van der Waals surface area contributed by atoms with Crippen molar-refractivity contribution in [1.29, 1.82) is 0 Å². The lowest BCUT2D eigenvalue weighted by Gasteiger charge is -2.09. The molecule has 0 saturated carbocycles. The molecule has 0 radical (unpaired) electrons. The first kappa shape index (κ1) is 15.9. The van der Waals surface area contributed by atoms with Gasteiger partial charge in [0.25, 0.3) is 11.7 Å². The van der Waals surface area contributed by atoms with Gasteiger partial charge in [-0.2, -0.15) is 8.78 Å². The highest BCUT2D eigenvalue weighted by Crippen LogP contribution is 2.28. The molecule has 0 aliphatic carbocycles. The Balaban J connectivity index is 2.51. The largest absolute Gasteiger partial charge is 0.351 e. The molecule has 0 aromatic heterocycles. The van der Waals surface area contributed by atoms with Gasteiger partial charge in [0.2, 0.25) is 0 Å². The number of amides is 1. The van der Waals surface area contributed by atoms with Crippen LogP contribution in [0.2, 0.25) is 0 Å². The topological polar surface area (TPSA) is 41.1 Å². The van der Waals surface area contributed by atoms with Gasteiger partial charge in [-0.15, -0.1) is 0 Å². The van der Waals surface area contributed by atoms with Crippen molar-refractivity contribution in [2.45, 2.75) is 24.0 Å². The highest BCUT2D eigenvalue weighted by molar-refractivity contribution is 7.99. The Labute approximate surface area is 116 Å². The van der Waals surface area contributed by atoms with E-state index in [2.05, 4.69) is 17.6 Å². The summed E-state index contributed by atoms with van der Waals surface area (Å²) in [5, 5.41) is 5.86. The van der Waals surface area contributed by atoms with E-state index >= 15 is 0 Å². The van der Waals surface area contributed by atoms with E-state index in [0.29, 0.717) is 35.3 Å². The highest BCUT2D eigenvalue weighted by Gasteiger charge is 2.14. The van der Waals surface area contributed by atoms with Crippen LogP contribution in [0.15, 0.2) is 29.2 Å². The zero-order chi connectivity index (χ0) is 14.1. The summed E-state index contributed by atoms with van der Waals surface area (Å²) in [4.78, 5) is 12.2. The molecule has 6 heteroatoms. The van der Waals surface area contributed by atoms with Crippen LogP contribution in [0, 0.1) is 0 Å². The molecule has 0 bridgehead atoms. The third-order valence-corrected chi connectivity index (χ3v) is 3.15. The quantitative estimate of drug-likeness (QED) is 0.571. The van der Waals surface area contributed by atoms with E-state index in [1.165, 1.54) is 6.07 Å². The van der Waals surface area contributed by atoms with Crippen molar-refractivity contribution < 1.29 is 13.6 Å². The second kappa shape index (κ2) is 8.87. The third kappa shape index (κ3) is 6.02. The molecule has 1 amide bonds. The molecule has 0 heterocycles. The minimum atomic E-state index is -2.53. The number of hydrogen-bond acceptors (Lipinski definition) is 3. The van der Waals surface area contributed by atoms with E-state index < -0.39 is 5.76 Å². The van der Waals surface area contributed by atoms with Gasteiger partial charge >= 0.3 is 0 Å². The van der Waals surface area contributed by atoms with Crippen molar-refractivity contribution in [3.63, 3.8) is 0 Å². The second-order valence-electron chi connectivity index (χ2n) is 3.88. The van der Waals surface area contributed by atoms with Crippen LogP contribution in [0.25, 0.3) is 0 Å². The minimum Gasteiger partial charge on any atom is -0.351 e. The molecule has 1 aromatic carbocycles. The lowest BCUT2D eigenvalue weighted by atomic mass is 10.2. The van der Waals surface area contributed by atoms with Crippen LogP contribution in [-0.4, -0.2) is 31.3 Å². The Kier molecular flexibility index (Phi) is 7.43. The van der Waals surface area contributed by atoms with E-state index in [0.717, 1.165) is 13.0 Å². The number of carbonyl (C=O) groups is 1. The van der Waals surface area contributed by atoms with Crippen molar-refractivity contribution >= 4 is 17.7 Å². The molecule has 0 aliphatic rings. The first-order valence-corrected chi connectivity index (χ1v) is 7.06. The standard InChI is InChI=1S/C13H18F2N2OS/c1-2-7-16-8-9-17-12(18)10-5-3-4-6-11(10)19-13(14)15/h3-6,13,16H,2,7-9H2,1H3,(H,17,18). The fraction of sp³-hybridized carbons (Fsp3) is 0.462. The maximum Gasteiger partial charge on any atom is 0.288 e. The second-order valence-corrected chi connectivity index (χ2v) is 4.91. The lowest BCUT2D eigenvalue weighted by Crippen LogP contribution is -2.32. The van der Waals surface area contributed by atoms with Gasteiger partial charge in [0.1, 0.15) is 0 Å². The summed E-state index contributed by atoms with van der Waals surface area (Å²) in [5.41, 5.74) is 0.295. The van der Waals surface area contributed by atoms with Gasteiger partial charge in [-0.05, 0) is 25.1 Å². The summed E-state index contributed by atoms with van der Waals surface area (Å²) in [6.07, 6.45) is 1.03. The molecule has 1 rings (SSSR count). The van der Waals surface area contributed by atoms with Crippen LogP contribution >= 0.6 is 11.8 Å². The fourth-order valence-corrected chi connectivity index (χ4v) is 2.15. The van der Waals surface area contributed by atoms with Crippen molar-refractivity contribution in [3.8, 4) is 0 Å². The Hall–Kier alpha value is -1.14. The first-order valence-electron chi connectivity index (χ1n) is 6.18. The van der Waals surface area contributed by atoms with Crippen molar-refractivity contribution in [2.24, 2.45) is 0 Å². The zero-order valence-corrected chi connectivity index (χ0v) is 11.6. The lowest BCUT2D eigenvalue weighted by molar-refractivity contribution is 0.0951. The van der Waals surface area contributed by atoms with Crippen molar-refractivity contribution in [3.05, 3.63) is 29.8 Å². The number of carbonyl (C=O) groups excluding carboxylic acids is 1. The Bertz CT molecular complexity index is 402. The van der Waals surface area contributed by atoms with Gasteiger partial charge in [0, 0.05) is 18.0 Å². The molecule has 0 atom stereocenters. The average molecular weight is 288 g/mol. The van der Waals surface area contributed by atoms with Gasteiger partial charge in [-0.3, -0.25) is 4.79 Å². The summed E-state index contributed by atoms with van der Waals surface area (Å²) >= 11 is 0.391. The molecule has 0 aliphatic heterocycles. The van der Waals surface area contributed by atoms with Crippen LogP contribution in [0.4, 0.5) is 8.78 Å². The van der Waals surface area contributed by atoms with Crippen LogP contribution in [0.3, 0.4) is 0 Å². The fourth-order valence-electron chi connectivity index (χ4n) is 1.51. The predicted molar refractivity (Wildman–Crippen MR) is 73.8 cm³/mol. The molecule has 1 aromatic rings. The zero-order valence-electron chi connectivity index (χ0n) is 10.8. The number of halogens is 2. The molecule has 0 saturated heterocycles. The third-order valence-electron chi connectivity index (χ3n) is 2.36. The summed E-state index contributed by atoms with van der Waals surface area (Å²) in [6.45, 7) is 4.10. The molecule has 3 nitrogen and oxygen atoms in total. The number of hydrogen-bond donors (Lipinski definition) is 2. The van der Waals surface area contributed by atoms with E-state index in [-0.39, 0.29) is 5.91 Å². The smallest absolute Gasteiger partial charge is 0.288 e. The van der Waals surface area contributed by atoms with E-state index in [9.17, 15) is 13.6 Å². The van der Waals surface area contributed by atoms with Crippen LogP contribution < -0.4 is 10.6 Å². The molecule has 19 heavy (non-hydrogen) atoms. The Morgan fingerprint density at radius 3 is 2.68 bits per heavy atom. The van der Waals surface area contributed by atoms with Crippen LogP contribution in [0.1, 0.15) is 23.7 Å². The maximum absolute atomic E-state index is 12.4. The van der Waals surface area contributed by atoms with E-state index in [1.54, 1.807) is 18.2 Å². The average Bonchev–Trinajstić information content (AvgIpc) is 2.38. The van der Waals surface area contributed by atoms with Gasteiger partial charge < -0.3 is 10.6 Å². The summed E-state index contributed by atoms with van der Waals surface area (Å²) in [6, 6.07) is 6.39. The number of thioether (sulfide) groups is 1.